The van der Waals surface area contributed by atoms with Gasteiger partial charge in [0.15, 0.2) is 0 Å². The fraction of sp³-hybridized carbons (Fsp3) is 0.321. The first-order valence-electron chi connectivity index (χ1n) is 11.4. The maximum atomic E-state index is 11.1. The molecule has 1 aliphatic heterocycles. The summed E-state index contributed by atoms with van der Waals surface area (Å²) in [6.45, 7) is 2.85. The molecule has 0 atom stereocenters. The molecule has 0 unspecified atom stereocenters. The first kappa shape index (κ1) is 22.6. The van der Waals surface area contributed by atoms with Gasteiger partial charge in [0.2, 0.25) is 0 Å². The average molecular weight is 446 g/mol. The number of quaternary nitrogens is 1. The van der Waals surface area contributed by atoms with Crippen molar-refractivity contribution in [1.29, 1.82) is 5.26 Å². The zero-order chi connectivity index (χ0) is 22.4. The average Bonchev–Trinajstić information content (AvgIpc) is 2.85. The van der Waals surface area contributed by atoms with Crippen molar-refractivity contribution in [2.45, 2.75) is 36.7 Å². The minimum absolute atomic E-state index is 0.637. The van der Waals surface area contributed by atoms with Gasteiger partial charge in [0, 0.05) is 17.9 Å². The quantitative estimate of drug-likeness (QED) is 0.562. The Hall–Kier alpha value is -2.64. The number of benzene rings is 3. The van der Waals surface area contributed by atoms with Crippen LogP contribution in [0.5, 0.6) is 0 Å². The molecular weight excluding hydrogens is 416 g/mol. The third kappa shape index (κ3) is 4.74. The molecule has 4 rings (SSSR count). The van der Waals surface area contributed by atoms with E-state index >= 15 is 0 Å². The molecule has 0 amide bonds. The van der Waals surface area contributed by atoms with Gasteiger partial charge >= 0.3 is 0 Å². The van der Waals surface area contributed by atoms with Crippen molar-refractivity contribution in [1.82, 2.24) is 0 Å². The number of nitrogens with one attached hydrogen (secondary N) is 1. The smallest absolute Gasteiger partial charge is 0.107 e. The normalized spacial score (nSPS) is 21.1. The van der Waals surface area contributed by atoms with E-state index in [2.05, 4.69) is 30.3 Å². The van der Waals surface area contributed by atoms with Crippen molar-refractivity contribution in [2.75, 3.05) is 19.6 Å². The highest BCUT2D eigenvalue weighted by Crippen LogP contribution is 2.36. The number of likely N-dealkylation sites (tertiary alicyclic amines) is 1. The van der Waals surface area contributed by atoms with Crippen molar-refractivity contribution in [3.05, 3.63) is 107 Å². The van der Waals surface area contributed by atoms with Crippen molar-refractivity contribution in [2.24, 2.45) is 0 Å². The van der Waals surface area contributed by atoms with Gasteiger partial charge in [-0.15, -0.1) is 0 Å². The molecule has 3 nitrogen and oxygen atoms in total. The lowest BCUT2D eigenvalue weighted by atomic mass is 9.72. The van der Waals surface area contributed by atoms with Crippen LogP contribution in [0.3, 0.4) is 0 Å². The van der Waals surface area contributed by atoms with Crippen molar-refractivity contribution < 1.29 is 10.0 Å². The Balaban J connectivity index is 1.41. The van der Waals surface area contributed by atoms with Crippen LogP contribution >= 0.6 is 11.6 Å². The van der Waals surface area contributed by atoms with Crippen LogP contribution in [0.25, 0.3) is 0 Å². The van der Waals surface area contributed by atoms with Crippen LogP contribution in [0, 0.1) is 11.3 Å². The van der Waals surface area contributed by atoms with E-state index in [1.807, 2.05) is 60.7 Å². The molecule has 32 heavy (non-hydrogen) atoms. The molecular formula is C28H30ClN2O+. The van der Waals surface area contributed by atoms with E-state index < -0.39 is 11.0 Å². The molecule has 1 saturated heterocycles. The second kappa shape index (κ2) is 9.88. The number of piperidine rings is 1. The number of rotatable bonds is 7. The lowest BCUT2D eigenvalue weighted by molar-refractivity contribution is -0.908. The molecule has 0 aliphatic carbocycles. The molecule has 0 bridgehead atoms. The van der Waals surface area contributed by atoms with Crippen molar-refractivity contribution in [3.63, 3.8) is 0 Å². The minimum atomic E-state index is -0.765. The summed E-state index contributed by atoms with van der Waals surface area (Å²) < 4.78 is 0. The Morgan fingerprint density at radius 1 is 0.875 bits per heavy atom. The van der Waals surface area contributed by atoms with E-state index in [1.54, 1.807) is 0 Å². The van der Waals surface area contributed by atoms with Gasteiger partial charge in [-0.2, -0.15) is 5.26 Å². The molecule has 0 saturated carbocycles. The van der Waals surface area contributed by atoms with Gasteiger partial charge in [-0.1, -0.05) is 84.4 Å². The topological polar surface area (TPSA) is 48.5 Å². The minimum Gasteiger partial charge on any atom is -0.385 e. The van der Waals surface area contributed by atoms with Crippen LogP contribution in [0.4, 0.5) is 0 Å². The molecule has 1 heterocycles. The second-order valence-electron chi connectivity index (χ2n) is 8.89. The van der Waals surface area contributed by atoms with E-state index in [-0.39, 0.29) is 0 Å². The lowest BCUT2D eigenvalue weighted by Gasteiger charge is -2.37. The Bertz CT molecular complexity index is 997. The molecule has 4 heteroatoms. The van der Waals surface area contributed by atoms with Gasteiger partial charge in [0.25, 0.3) is 0 Å². The Kier molecular flexibility index (Phi) is 6.96. The summed E-state index contributed by atoms with van der Waals surface area (Å²) in [6.07, 6.45) is 3.21. The van der Waals surface area contributed by atoms with Gasteiger partial charge in [-0.25, -0.2) is 0 Å². The standard InChI is InChI=1S/C28H29ClN2O/c29-26-14-12-25(13-15-26)28(32)17-20-31(21-18-28)19-7-16-27(22-30,23-8-3-1-4-9-23)24-10-5-2-6-11-24/h1-6,8-15,32H,7,16-21H2/p+1. The van der Waals surface area contributed by atoms with Gasteiger partial charge in [-0.05, 0) is 41.7 Å². The summed E-state index contributed by atoms with van der Waals surface area (Å²) in [5, 5.41) is 22.2. The van der Waals surface area contributed by atoms with Gasteiger partial charge in [0.05, 0.1) is 25.7 Å². The van der Waals surface area contributed by atoms with Crippen molar-refractivity contribution >= 4 is 11.6 Å². The summed E-state index contributed by atoms with van der Waals surface area (Å²) in [5.74, 6) is 0. The fourth-order valence-corrected chi connectivity index (χ4v) is 5.13. The van der Waals surface area contributed by atoms with E-state index in [0.717, 1.165) is 62.0 Å². The van der Waals surface area contributed by atoms with Crippen LogP contribution in [-0.2, 0) is 11.0 Å². The summed E-state index contributed by atoms with van der Waals surface area (Å²) in [7, 11) is 0. The van der Waals surface area contributed by atoms with E-state index in [0.29, 0.717) is 5.02 Å². The molecule has 3 aromatic rings. The molecule has 0 radical (unpaired) electrons. The summed E-state index contributed by atoms with van der Waals surface area (Å²) in [5.41, 5.74) is 1.66. The van der Waals surface area contributed by atoms with Crippen LogP contribution in [0.2, 0.25) is 5.02 Å². The van der Waals surface area contributed by atoms with Gasteiger partial charge in [0.1, 0.15) is 11.0 Å². The molecule has 1 fully saturated rings. The van der Waals surface area contributed by atoms with Crippen LogP contribution in [0.15, 0.2) is 84.9 Å². The molecule has 2 N–H and O–H groups in total. The molecule has 0 aromatic heterocycles. The molecule has 1 aliphatic rings. The number of nitriles is 1. The number of nitrogens with zero attached hydrogens (tertiary/aromatic N) is 1. The van der Waals surface area contributed by atoms with Crippen LogP contribution < -0.4 is 4.90 Å². The van der Waals surface area contributed by atoms with E-state index in [9.17, 15) is 10.4 Å². The summed E-state index contributed by atoms with van der Waals surface area (Å²) in [4.78, 5) is 1.50. The van der Waals surface area contributed by atoms with Crippen LogP contribution in [-0.4, -0.2) is 24.7 Å². The molecule has 0 spiro atoms. The summed E-state index contributed by atoms with van der Waals surface area (Å²) in [6, 6.07) is 30.5. The highest BCUT2D eigenvalue weighted by atomic mass is 35.5. The zero-order valence-corrected chi connectivity index (χ0v) is 19.1. The first-order chi connectivity index (χ1) is 15.6. The van der Waals surface area contributed by atoms with Gasteiger partial charge in [-0.3, -0.25) is 0 Å². The highest BCUT2D eigenvalue weighted by molar-refractivity contribution is 6.30. The highest BCUT2D eigenvalue weighted by Gasteiger charge is 2.37. The predicted molar refractivity (Wildman–Crippen MR) is 129 cm³/mol. The zero-order valence-electron chi connectivity index (χ0n) is 18.3. The Morgan fingerprint density at radius 2 is 1.41 bits per heavy atom. The lowest BCUT2D eigenvalue weighted by Crippen LogP contribution is -3.13. The van der Waals surface area contributed by atoms with Gasteiger partial charge < -0.3 is 10.0 Å². The number of hydrogen-bond donors (Lipinski definition) is 2. The third-order valence-electron chi connectivity index (χ3n) is 6.97. The second-order valence-corrected chi connectivity index (χ2v) is 9.33. The molecule has 3 aromatic carbocycles. The predicted octanol–water partition coefficient (Wildman–Crippen LogP) is 4.50. The monoisotopic (exact) mass is 445 g/mol. The molecule has 164 valence electrons. The Labute approximate surface area is 195 Å². The first-order valence-corrected chi connectivity index (χ1v) is 11.8. The van der Waals surface area contributed by atoms with Crippen molar-refractivity contribution in [3.8, 4) is 6.07 Å². The number of hydrogen-bond acceptors (Lipinski definition) is 2. The SMILES string of the molecule is N#CC(CCC[NH+]1CCC(O)(c2ccc(Cl)cc2)CC1)(c1ccccc1)c1ccccc1. The largest absolute Gasteiger partial charge is 0.385 e. The Morgan fingerprint density at radius 3 is 1.91 bits per heavy atom. The maximum absolute atomic E-state index is 11.1. The maximum Gasteiger partial charge on any atom is 0.107 e. The van der Waals surface area contributed by atoms with E-state index in [1.165, 1.54) is 4.90 Å². The fourth-order valence-electron chi connectivity index (χ4n) is 5.01. The number of halogens is 1. The van der Waals surface area contributed by atoms with Crippen LogP contribution in [0.1, 0.15) is 42.4 Å². The van der Waals surface area contributed by atoms with E-state index in [4.69, 9.17) is 11.6 Å². The number of aliphatic hydroxyl groups is 1. The third-order valence-corrected chi connectivity index (χ3v) is 7.22. The summed E-state index contributed by atoms with van der Waals surface area (Å²) >= 11 is 6.00.